The Morgan fingerprint density at radius 2 is 1.66 bits per heavy atom. The fourth-order valence-corrected chi connectivity index (χ4v) is 6.60. The maximum absolute atomic E-state index is 5.15. The first-order valence-electron chi connectivity index (χ1n) is 13.4. The van der Waals surface area contributed by atoms with Crippen LogP contribution in [-0.2, 0) is 6.54 Å². The van der Waals surface area contributed by atoms with Crippen molar-refractivity contribution in [2.45, 2.75) is 38.6 Å². The SMILES string of the molecule is c1cc(N2CCN(c3ccc4ccn(CCN5CCCC6(CCC6)C5)c4n3)CC2)n2ccnc2c1. The standard InChI is InChI=1S/C28H35N7/c1-4-24-29-12-15-35(24)26(5-1)33-20-18-32(19-21-33)25-7-6-23-8-14-34(27(23)30-25)17-16-31-13-3-11-28(22-31)9-2-10-28/h1,4-8,12,14-15H,2-3,9-11,13,16-22H2. The molecule has 6 heterocycles. The third-order valence-electron chi connectivity index (χ3n) is 8.74. The van der Waals surface area contributed by atoms with Crippen molar-refractivity contribution in [3.8, 4) is 0 Å². The van der Waals surface area contributed by atoms with Crippen LogP contribution in [0.25, 0.3) is 16.7 Å². The molecule has 0 atom stereocenters. The minimum absolute atomic E-state index is 0.661. The molecule has 1 saturated carbocycles. The minimum Gasteiger partial charge on any atom is -0.354 e. The van der Waals surface area contributed by atoms with Gasteiger partial charge in [0.25, 0.3) is 0 Å². The van der Waals surface area contributed by atoms with Gasteiger partial charge < -0.3 is 19.3 Å². The van der Waals surface area contributed by atoms with Crippen LogP contribution >= 0.6 is 0 Å². The van der Waals surface area contributed by atoms with Crippen LogP contribution in [0, 0.1) is 5.41 Å². The van der Waals surface area contributed by atoms with Gasteiger partial charge in [0.1, 0.15) is 22.9 Å². The number of nitrogens with zero attached hydrogens (tertiary/aromatic N) is 7. The predicted octanol–water partition coefficient (Wildman–Crippen LogP) is 4.28. The van der Waals surface area contributed by atoms with Crippen LogP contribution < -0.4 is 9.80 Å². The Labute approximate surface area is 207 Å². The van der Waals surface area contributed by atoms with E-state index in [0.29, 0.717) is 5.41 Å². The molecule has 3 aliphatic rings. The number of hydrogen-bond acceptors (Lipinski definition) is 5. The molecule has 0 unspecified atom stereocenters. The fraction of sp³-hybridized carbons (Fsp3) is 0.500. The van der Waals surface area contributed by atoms with Crippen LogP contribution in [0.3, 0.4) is 0 Å². The monoisotopic (exact) mass is 469 g/mol. The normalized spacial score (nSPS) is 20.7. The van der Waals surface area contributed by atoms with Crippen LogP contribution in [0.5, 0.6) is 0 Å². The zero-order valence-corrected chi connectivity index (χ0v) is 20.5. The Balaban J connectivity index is 1.03. The second kappa shape index (κ2) is 8.55. The van der Waals surface area contributed by atoms with Crippen LogP contribution in [0.15, 0.2) is 55.0 Å². The van der Waals surface area contributed by atoms with E-state index in [0.717, 1.165) is 56.4 Å². The van der Waals surface area contributed by atoms with Gasteiger partial charge in [-0.2, -0.15) is 0 Å². The number of hydrogen-bond donors (Lipinski definition) is 0. The van der Waals surface area contributed by atoms with Crippen molar-refractivity contribution in [2.24, 2.45) is 5.41 Å². The van der Waals surface area contributed by atoms with E-state index in [1.807, 2.05) is 6.20 Å². The number of fused-ring (bicyclic) bond motifs is 2. The van der Waals surface area contributed by atoms with Crippen LogP contribution in [-0.4, -0.2) is 69.6 Å². The number of aromatic nitrogens is 4. The van der Waals surface area contributed by atoms with Crippen molar-refractivity contribution in [3.63, 3.8) is 0 Å². The molecule has 0 radical (unpaired) electrons. The third kappa shape index (κ3) is 3.86. The molecule has 4 aromatic heterocycles. The molecular weight excluding hydrogens is 434 g/mol. The van der Waals surface area contributed by atoms with Crippen LogP contribution in [0.4, 0.5) is 11.6 Å². The Morgan fingerprint density at radius 1 is 0.800 bits per heavy atom. The highest BCUT2D eigenvalue weighted by molar-refractivity contribution is 5.78. The van der Waals surface area contributed by atoms with Gasteiger partial charge in [-0.1, -0.05) is 12.5 Å². The summed E-state index contributed by atoms with van der Waals surface area (Å²) in [5.41, 5.74) is 2.79. The van der Waals surface area contributed by atoms with Crippen LogP contribution in [0.2, 0.25) is 0 Å². The maximum Gasteiger partial charge on any atom is 0.142 e. The summed E-state index contributed by atoms with van der Waals surface area (Å²) in [6.07, 6.45) is 13.3. The van der Waals surface area contributed by atoms with Gasteiger partial charge in [0.05, 0.1) is 0 Å². The van der Waals surface area contributed by atoms with Gasteiger partial charge in [-0.15, -0.1) is 0 Å². The molecule has 4 aromatic rings. The first-order chi connectivity index (χ1) is 17.3. The Kier molecular flexibility index (Phi) is 5.19. The molecule has 1 aliphatic carbocycles. The van der Waals surface area contributed by atoms with E-state index in [4.69, 9.17) is 4.98 Å². The zero-order chi connectivity index (χ0) is 23.2. The highest BCUT2D eigenvalue weighted by Crippen LogP contribution is 2.47. The maximum atomic E-state index is 5.15. The van der Waals surface area contributed by atoms with Gasteiger partial charge >= 0.3 is 0 Å². The van der Waals surface area contributed by atoms with Crippen molar-refractivity contribution in [2.75, 3.05) is 55.6 Å². The number of anilines is 2. The number of likely N-dealkylation sites (tertiary alicyclic amines) is 1. The molecule has 3 fully saturated rings. The summed E-state index contributed by atoms with van der Waals surface area (Å²) in [4.78, 5) is 17.2. The van der Waals surface area contributed by atoms with E-state index in [9.17, 15) is 0 Å². The molecule has 0 aromatic carbocycles. The average Bonchev–Trinajstić information content (AvgIpc) is 3.53. The number of imidazole rings is 1. The molecular formula is C28H35N7. The first kappa shape index (κ1) is 21.2. The molecule has 2 aliphatic heterocycles. The highest BCUT2D eigenvalue weighted by atomic mass is 15.3. The molecule has 7 nitrogen and oxygen atoms in total. The van der Waals surface area contributed by atoms with E-state index < -0.39 is 0 Å². The van der Waals surface area contributed by atoms with E-state index >= 15 is 0 Å². The summed E-state index contributed by atoms with van der Waals surface area (Å²) in [7, 11) is 0. The van der Waals surface area contributed by atoms with Crippen molar-refractivity contribution in [3.05, 3.63) is 55.0 Å². The summed E-state index contributed by atoms with van der Waals surface area (Å²) in [6.45, 7) is 8.64. The number of piperidine rings is 1. The summed E-state index contributed by atoms with van der Waals surface area (Å²) in [5.74, 6) is 2.32. The third-order valence-corrected chi connectivity index (χ3v) is 8.74. The average molecular weight is 470 g/mol. The minimum atomic E-state index is 0.661. The molecule has 35 heavy (non-hydrogen) atoms. The topological polar surface area (TPSA) is 44.8 Å². The number of rotatable bonds is 5. The summed E-state index contributed by atoms with van der Waals surface area (Å²) >= 11 is 0. The van der Waals surface area contributed by atoms with Gasteiger partial charge in [0, 0.05) is 69.8 Å². The van der Waals surface area contributed by atoms with Gasteiger partial charge in [-0.05, 0) is 68.0 Å². The van der Waals surface area contributed by atoms with Crippen LogP contribution in [0.1, 0.15) is 32.1 Å². The van der Waals surface area contributed by atoms with Crippen molar-refractivity contribution < 1.29 is 0 Å². The number of pyridine rings is 2. The molecule has 2 saturated heterocycles. The molecule has 182 valence electrons. The predicted molar refractivity (Wildman–Crippen MR) is 141 cm³/mol. The summed E-state index contributed by atoms with van der Waals surface area (Å²) < 4.78 is 4.55. The Morgan fingerprint density at radius 3 is 2.51 bits per heavy atom. The largest absolute Gasteiger partial charge is 0.354 e. The molecule has 7 heteroatoms. The summed E-state index contributed by atoms with van der Waals surface area (Å²) in [5, 5.41) is 1.24. The van der Waals surface area contributed by atoms with Gasteiger partial charge in [-0.3, -0.25) is 4.40 Å². The Hall–Kier alpha value is -3.06. The molecule has 0 N–H and O–H groups in total. The lowest BCUT2D eigenvalue weighted by molar-refractivity contribution is 0.0191. The lowest BCUT2D eigenvalue weighted by Gasteiger charge is -2.49. The van der Waals surface area contributed by atoms with Gasteiger partial charge in [-0.25, -0.2) is 9.97 Å². The van der Waals surface area contributed by atoms with Gasteiger partial charge in [0.2, 0.25) is 0 Å². The van der Waals surface area contributed by atoms with E-state index in [1.165, 1.54) is 56.4 Å². The summed E-state index contributed by atoms with van der Waals surface area (Å²) in [6, 6.07) is 13.0. The van der Waals surface area contributed by atoms with Crippen molar-refractivity contribution in [1.29, 1.82) is 0 Å². The van der Waals surface area contributed by atoms with E-state index in [-0.39, 0.29) is 0 Å². The molecule has 0 amide bonds. The van der Waals surface area contributed by atoms with Gasteiger partial charge in [0.15, 0.2) is 0 Å². The fourth-order valence-electron chi connectivity index (χ4n) is 6.60. The molecule has 0 bridgehead atoms. The van der Waals surface area contributed by atoms with E-state index in [2.05, 4.69) is 77.4 Å². The lowest BCUT2D eigenvalue weighted by Crippen LogP contribution is -2.47. The molecule has 7 rings (SSSR count). The quantitative estimate of drug-likeness (QED) is 0.437. The second-order valence-corrected chi connectivity index (χ2v) is 10.8. The van der Waals surface area contributed by atoms with Crippen molar-refractivity contribution in [1.82, 2.24) is 23.8 Å². The lowest BCUT2D eigenvalue weighted by atomic mass is 9.64. The Bertz CT molecular complexity index is 1330. The van der Waals surface area contributed by atoms with E-state index in [1.54, 1.807) is 0 Å². The first-order valence-corrected chi connectivity index (χ1v) is 13.4. The zero-order valence-electron chi connectivity index (χ0n) is 20.5. The van der Waals surface area contributed by atoms with Crippen molar-refractivity contribution >= 4 is 28.3 Å². The smallest absolute Gasteiger partial charge is 0.142 e. The second-order valence-electron chi connectivity index (χ2n) is 10.8. The molecule has 1 spiro atoms. The number of piperazine rings is 1. The highest BCUT2D eigenvalue weighted by Gasteiger charge is 2.40.